The van der Waals surface area contributed by atoms with Gasteiger partial charge in [0.05, 0.1) is 51.0 Å². The first-order chi connectivity index (χ1) is 15.1. The summed E-state index contributed by atoms with van der Waals surface area (Å²) in [5.74, 6) is 3.25. The number of para-hydroxylation sites is 1. The number of rotatable bonds is 7. The number of benzene rings is 3. The van der Waals surface area contributed by atoms with Crippen LogP contribution in [0.5, 0.6) is 28.7 Å². The zero-order chi connectivity index (χ0) is 22.0. The van der Waals surface area contributed by atoms with Gasteiger partial charge in [0, 0.05) is 11.8 Å². The number of hydrogen-bond donors (Lipinski definition) is 0. The Morgan fingerprint density at radius 1 is 0.774 bits per heavy atom. The van der Waals surface area contributed by atoms with E-state index in [4.69, 9.17) is 23.7 Å². The third-order valence-corrected chi connectivity index (χ3v) is 5.85. The highest BCUT2D eigenvalue weighted by Gasteiger charge is 2.20. The van der Waals surface area contributed by atoms with Crippen molar-refractivity contribution in [3.63, 3.8) is 0 Å². The number of hydrogen-bond acceptors (Lipinski definition) is 8. The number of aliphatic imine (C=N–C) groups is 1. The zero-order valence-electron chi connectivity index (χ0n) is 17.9. The SMILES string of the molecule is COc1cccc2sc(N=Cc3cc(OC)c4c(OC)ccc(OC)c4c3OC)nc12. The van der Waals surface area contributed by atoms with Crippen molar-refractivity contribution < 1.29 is 23.7 Å². The van der Waals surface area contributed by atoms with Crippen molar-refractivity contribution in [2.24, 2.45) is 4.99 Å². The minimum absolute atomic E-state index is 0.606. The Hall–Kier alpha value is -3.52. The summed E-state index contributed by atoms with van der Waals surface area (Å²) in [6, 6.07) is 11.3. The number of thiazole rings is 1. The van der Waals surface area contributed by atoms with Gasteiger partial charge in [0.25, 0.3) is 0 Å². The highest BCUT2D eigenvalue weighted by Crippen LogP contribution is 2.46. The number of nitrogens with zero attached hydrogens (tertiary/aromatic N) is 2. The molecule has 3 aromatic carbocycles. The predicted octanol–water partition coefficient (Wildman–Crippen LogP) is 5.24. The predicted molar refractivity (Wildman–Crippen MR) is 124 cm³/mol. The Morgan fingerprint density at radius 3 is 2.10 bits per heavy atom. The summed E-state index contributed by atoms with van der Waals surface area (Å²) < 4.78 is 29.0. The van der Waals surface area contributed by atoms with Crippen molar-refractivity contribution in [2.75, 3.05) is 35.5 Å². The molecule has 0 aliphatic carbocycles. The molecule has 160 valence electrons. The molecule has 31 heavy (non-hydrogen) atoms. The first-order valence-corrected chi connectivity index (χ1v) is 10.2. The molecule has 0 aliphatic heterocycles. The van der Waals surface area contributed by atoms with Gasteiger partial charge in [-0.3, -0.25) is 0 Å². The van der Waals surface area contributed by atoms with E-state index >= 15 is 0 Å². The van der Waals surface area contributed by atoms with E-state index in [2.05, 4.69) is 9.98 Å². The Kier molecular flexibility index (Phi) is 5.81. The molecule has 4 rings (SSSR count). The van der Waals surface area contributed by atoms with E-state index in [0.717, 1.165) is 32.3 Å². The maximum absolute atomic E-state index is 5.76. The van der Waals surface area contributed by atoms with Gasteiger partial charge >= 0.3 is 0 Å². The first-order valence-electron chi connectivity index (χ1n) is 9.42. The smallest absolute Gasteiger partial charge is 0.210 e. The lowest BCUT2D eigenvalue weighted by atomic mass is 10.0. The molecule has 0 atom stereocenters. The summed E-state index contributed by atoms with van der Waals surface area (Å²) in [6.07, 6.45) is 1.71. The number of aromatic nitrogens is 1. The largest absolute Gasteiger partial charge is 0.496 e. The Morgan fingerprint density at radius 2 is 1.45 bits per heavy atom. The van der Waals surface area contributed by atoms with E-state index in [1.165, 1.54) is 11.3 Å². The molecule has 4 aromatic rings. The van der Waals surface area contributed by atoms with Crippen molar-refractivity contribution in [1.82, 2.24) is 4.98 Å². The van der Waals surface area contributed by atoms with Crippen LogP contribution in [0.1, 0.15) is 5.56 Å². The summed E-state index contributed by atoms with van der Waals surface area (Å²) in [7, 11) is 8.08. The normalized spacial score (nSPS) is 11.3. The van der Waals surface area contributed by atoms with E-state index in [-0.39, 0.29) is 0 Å². The second kappa shape index (κ2) is 8.69. The van der Waals surface area contributed by atoms with Gasteiger partial charge in [0.15, 0.2) is 0 Å². The maximum atomic E-state index is 5.76. The monoisotopic (exact) mass is 438 g/mol. The average Bonchev–Trinajstić information content (AvgIpc) is 3.24. The Labute approximate surface area is 183 Å². The third kappa shape index (κ3) is 3.59. The van der Waals surface area contributed by atoms with Crippen molar-refractivity contribution in [2.45, 2.75) is 0 Å². The molecular weight excluding hydrogens is 416 g/mol. The van der Waals surface area contributed by atoms with Crippen LogP contribution in [0, 0.1) is 0 Å². The minimum Gasteiger partial charge on any atom is -0.496 e. The summed E-state index contributed by atoms with van der Waals surface area (Å²) in [5.41, 5.74) is 1.52. The zero-order valence-corrected chi connectivity index (χ0v) is 18.7. The lowest BCUT2D eigenvalue weighted by molar-refractivity contribution is 0.392. The molecule has 0 fully saturated rings. The lowest BCUT2D eigenvalue weighted by Crippen LogP contribution is -1.99. The molecule has 1 aromatic heterocycles. The van der Waals surface area contributed by atoms with E-state index < -0.39 is 0 Å². The molecule has 0 radical (unpaired) electrons. The molecule has 0 N–H and O–H groups in total. The second-order valence-corrected chi connectivity index (χ2v) is 7.49. The fourth-order valence-corrected chi connectivity index (χ4v) is 4.36. The fourth-order valence-electron chi connectivity index (χ4n) is 3.53. The van der Waals surface area contributed by atoms with Crippen LogP contribution in [0.2, 0.25) is 0 Å². The maximum Gasteiger partial charge on any atom is 0.210 e. The van der Waals surface area contributed by atoms with E-state index in [1.54, 1.807) is 41.8 Å². The van der Waals surface area contributed by atoms with Gasteiger partial charge in [-0.05, 0) is 30.3 Å². The van der Waals surface area contributed by atoms with E-state index in [9.17, 15) is 0 Å². The van der Waals surface area contributed by atoms with Crippen LogP contribution in [0.15, 0.2) is 41.4 Å². The summed E-state index contributed by atoms with van der Waals surface area (Å²) in [4.78, 5) is 9.20. The van der Waals surface area contributed by atoms with Crippen LogP contribution in [-0.2, 0) is 0 Å². The highest BCUT2D eigenvalue weighted by molar-refractivity contribution is 7.22. The number of fused-ring (bicyclic) bond motifs is 2. The summed E-state index contributed by atoms with van der Waals surface area (Å²) >= 11 is 1.48. The van der Waals surface area contributed by atoms with Crippen molar-refractivity contribution in [1.29, 1.82) is 0 Å². The van der Waals surface area contributed by atoms with Crippen LogP contribution in [0.3, 0.4) is 0 Å². The first kappa shape index (κ1) is 20.7. The van der Waals surface area contributed by atoms with Crippen LogP contribution < -0.4 is 23.7 Å². The molecule has 0 spiro atoms. The quantitative estimate of drug-likeness (QED) is 0.367. The standard InChI is InChI=1S/C23H22N2O5S/c1-26-14-9-10-15(27-2)20-19(14)17(29-4)11-13(22(20)30-5)12-24-23-25-21-16(28-3)7-6-8-18(21)31-23/h6-12H,1-5H3. The fraction of sp³-hybridized carbons (Fsp3) is 0.217. The summed E-state index contributed by atoms with van der Waals surface area (Å²) in [5, 5.41) is 2.12. The van der Waals surface area contributed by atoms with Crippen molar-refractivity contribution in [3.8, 4) is 28.7 Å². The molecular formula is C23H22N2O5S. The van der Waals surface area contributed by atoms with Gasteiger partial charge < -0.3 is 23.7 Å². The lowest BCUT2D eigenvalue weighted by Gasteiger charge is -2.17. The molecule has 1 heterocycles. The molecule has 0 amide bonds. The Bertz CT molecular complexity index is 1280. The third-order valence-electron chi connectivity index (χ3n) is 4.92. The molecule has 0 bridgehead atoms. The topological polar surface area (TPSA) is 71.4 Å². The van der Waals surface area contributed by atoms with Crippen LogP contribution in [0.4, 0.5) is 5.13 Å². The minimum atomic E-state index is 0.606. The molecule has 0 aliphatic rings. The van der Waals surface area contributed by atoms with Gasteiger partial charge in [-0.15, -0.1) is 0 Å². The average molecular weight is 439 g/mol. The van der Waals surface area contributed by atoms with Crippen LogP contribution in [-0.4, -0.2) is 46.7 Å². The molecule has 0 unspecified atom stereocenters. The van der Waals surface area contributed by atoms with Crippen LogP contribution in [0.25, 0.3) is 21.0 Å². The number of ether oxygens (including phenoxy) is 5. The van der Waals surface area contributed by atoms with Gasteiger partial charge in [0.1, 0.15) is 34.3 Å². The molecule has 0 saturated heterocycles. The van der Waals surface area contributed by atoms with Gasteiger partial charge in [-0.1, -0.05) is 17.4 Å². The van der Waals surface area contributed by atoms with E-state index in [0.29, 0.717) is 28.1 Å². The molecule has 0 saturated carbocycles. The second-order valence-electron chi connectivity index (χ2n) is 6.48. The molecule has 7 nitrogen and oxygen atoms in total. The van der Waals surface area contributed by atoms with Gasteiger partial charge in [0.2, 0.25) is 5.13 Å². The van der Waals surface area contributed by atoms with Crippen molar-refractivity contribution in [3.05, 3.63) is 42.0 Å². The van der Waals surface area contributed by atoms with Crippen LogP contribution >= 0.6 is 11.3 Å². The van der Waals surface area contributed by atoms with Gasteiger partial charge in [-0.25, -0.2) is 9.98 Å². The van der Waals surface area contributed by atoms with Crippen molar-refractivity contribution >= 4 is 43.7 Å². The number of methoxy groups -OCH3 is 5. The Balaban J connectivity index is 1.90. The molecule has 8 heteroatoms. The summed E-state index contributed by atoms with van der Waals surface area (Å²) in [6.45, 7) is 0. The van der Waals surface area contributed by atoms with E-state index in [1.807, 2.05) is 36.4 Å². The highest BCUT2D eigenvalue weighted by atomic mass is 32.1. The van der Waals surface area contributed by atoms with Gasteiger partial charge in [-0.2, -0.15) is 0 Å².